The number of nitrogens with one attached hydrogen (secondary N) is 2. The van der Waals surface area contributed by atoms with Crippen LogP contribution in [-0.2, 0) is 4.79 Å². The number of anilines is 1. The highest BCUT2D eigenvalue weighted by Crippen LogP contribution is 2.25. The molecule has 0 spiro atoms. The lowest BCUT2D eigenvalue weighted by Crippen LogP contribution is -2.50. The summed E-state index contributed by atoms with van der Waals surface area (Å²) in [6.45, 7) is 0.555. The summed E-state index contributed by atoms with van der Waals surface area (Å²) in [6, 6.07) is 7.26. The molecule has 0 atom stereocenters. The molecular formula is C18H15N5O5. The Balaban J connectivity index is 1.86. The number of carbonyl (C=O) groups excluding carboxylic acids is 4. The molecule has 1 fully saturated rings. The minimum Gasteiger partial charge on any atom is -0.384 e. The largest absolute Gasteiger partial charge is 0.384 e. The second kappa shape index (κ2) is 6.34. The van der Waals surface area contributed by atoms with Crippen LogP contribution in [0.1, 0.15) is 31.1 Å². The number of nitrogens with two attached hydrogens (primary N) is 1. The van der Waals surface area contributed by atoms with E-state index < -0.39 is 23.3 Å². The summed E-state index contributed by atoms with van der Waals surface area (Å²) in [6.07, 6.45) is 0. The standard InChI is InChI=1S/C18H15N5O5/c19-15-14-10(16(26)21-17(14)27)7-13(25)23(15)11-4-2-1-3-9(11)18(28)22-6-5-20-12(24)8-22/h1-4,7H,5-6,8,19H2,(H,20,24)(H,21,26,27). The molecule has 0 radical (unpaired) electrons. The molecule has 0 aliphatic carbocycles. The molecule has 28 heavy (non-hydrogen) atoms. The number of nitrogen functional groups attached to an aromatic ring is 1. The van der Waals surface area contributed by atoms with Gasteiger partial charge in [0.15, 0.2) is 0 Å². The predicted octanol–water partition coefficient (Wildman–Crippen LogP) is -1.12. The van der Waals surface area contributed by atoms with Gasteiger partial charge in [0.05, 0.1) is 28.9 Å². The number of para-hydroxylation sites is 1. The van der Waals surface area contributed by atoms with E-state index in [1.807, 2.05) is 0 Å². The summed E-state index contributed by atoms with van der Waals surface area (Å²) in [5.41, 5.74) is 5.50. The number of rotatable bonds is 2. The molecule has 2 aromatic rings. The van der Waals surface area contributed by atoms with Crippen molar-refractivity contribution in [3.63, 3.8) is 0 Å². The average Bonchev–Trinajstić information content (AvgIpc) is 2.95. The van der Waals surface area contributed by atoms with Gasteiger partial charge in [-0.15, -0.1) is 0 Å². The predicted molar refractivity (Wildman–Crippen MR) is 97.2 cm³/mol. The summed E-state index contributed by atoms with van der Waals surface area (Å²) in [5.74, 6) is -2.36. The SMILES string of the molecule is Nc1c2c(cc(=O)n1-c1ccccc1C(=O)N1CCNC(=O)C1)C(=O)NC2=O. The number of benzene rings is 1. The minimum absolute atomic E-state index is 0.0970. The summed E-state index contributed by atoms with van der Waals surface area (Å²) in [7, 11) is 0. The van der Waals surface area contributed by atoms with Crippen LogP contribution < -0.4 is 21.9 Å². The van der Waals surface area contributed by atoms with Gasteiger partial charge >= 0.3 is 0 Å². The van der Waals surface area contributed by atoms with Crippen molar-refractivity contribution >= 4 is 29.4 Å². The zero-order valence-corrected chi connectivity index (χ0v) is 14.5. The van der Waals surface area contributed by atoms with Crippen LogP contribution in [0.4, 0.5) is 5.82 Å². The molecule has 0 unspecified atom stereocenters. The monoisotopic (exact) mass is 381 g/mol. The summed E-state index contributed by atoms with van der Waals surface area (Å²) >= 11 is 0. The van der Waals surface area contributed by atoms with Crippen molar-refractivity contribution in [1.29, 1.82) is 0 Å². The second-order valence-electron chi connectivity index (χ2n) is 6.37. The number of amides is 4. The number of fused-ring (bicyclic) bond motifs is 1. The molecule has 4 rings (SSSR count). The van der Waals surface area contributed by atoms with Gasteiger partial charge in [-0.25, -0.2) is 0 Å². The molecule has 10 heteroatoms. The Morgan fingerprint density at radius 3 is 2.57 bits per heavy atom. The third-order valence-corrected chi connectivity index (χ3v) is 4.65. The van der Waals surface area contributed by atoms with E-state index in [0.717, 1.165) is 10.6 Å². The van der Waals surface area contributed by atoms with Gasteiger partial charge in [0.25, 0.3) is 23.3 Å². The number of imide groups is 1. The Bertz CT molecular complexity index is 1120. The number of hydrogen-bond acceptors (Lipinski definition) is 6. The number of piperazine rings is 1. The molecule has 10 nitrogen and oxygen atoms in total. The van der Waals surface area contributed by atoms with Gasteiger partial charge in [0.2, 0.25) is 5.91 Å². The third-order valence-electron chi connectivity index (χ3n) is 4.65. The quantitative estimate of drug-likeness (QED) is 0.562. The fourth-order valence-corrected chi connectivity index (χ4v) is 3.36. The molecule has 1 aromatic carbocycles. The zero-order chi connectivity index (χ0) is 20.0. The van der Waals surface area contributed by atoms with Gasteiger partial charge in [0.1, 0.15) is 5.82 Å². The first-order chi connectivity index (χ1) is 13.4. The Hall–Kier alpha value is -3.95. The van der Waals surface area contributed by atoms with Gasteiger partial charge in [-0.2, -0.15) is 0 Å². The molecule has 0 bridgehead atoms. The molecular weight excluding hydrogens is 366 g/mol. The van der Waals surface area contributed by atoms with E-state index in [2.05, 4.69) is 10.6 Å². The van der Waals surface area contributed by atoms with E-state index in [0.29, 0.717) is 13.1 Å². The van der Waals surface area contributed by atoms with Crippen LogP contribution in [0.2, 0.25) is 0 Å². The van der Waals surface area contributed by atoms with Crippen LogP contribution in [-0.4, -0.2) is 52.7 Å². The second-order valence-corrected chi connectivity index (χ2v) is 6.37. The van der Waals surface area contributed by atoms with E-state index in [-0.39, 0.29) is 40.6 Å². The molecule has 0 saturated carbocycles. The first-order valence-electron chi connectivity index (χ1n) is 8.45. The lowest BCUT2D eigenvalue weighted by Gasteiger charge is -2.27. The number of aromatic nitrogens is 1. The fraction of sp³-hybridized carbons (Fsp3) is 0.167. The van der Waals surface area contributed by atoms with Crippen LogP contribution in [0.5, 0.6) is 0 Å². The Morgan fingerprint density at radius 1 is 1.07 bits per heavy atom. The van der Waals surface area contributed by atoms with Crippen LogP contribution in [0, 0.1) is 0 Å². The van der Waals surface area contributed by atoms with Crippen LogP contribution in [0.25, 0.3) is 5.69 Å². The average molecular weight is 381 g/mol. The molecule has 142 valence electrons. The highest BCUT2D eigenvalue weighted by atomic mass is 16.2. The Labute approximate surface area is 157 Å². The van der Waals surface area contributed by atoms with Crippen LogP contribution in [0.3, 0.4) is 0 Å². The van der Waals surface area contributed by atoms with E-state index in [4.69, 9.17) is 5.73 Å². The lowest BCUT2D eigenvalue weighted by atomic mass is 10.1. The molecule has 2 aliphatic rings. The van der Waals surface area contributed by atoms with Gasteiger partial charge < -0.3 is 16.0 Å². The van der Waals surface area contributed by atoms with Crippen molar-refractivity contribution in [2.45, 2.75) is 0 Å². The van der Waals surface area contributed by atoms with Crippen molar-refractivity contribution in [3.05, 3.63) is 57.4 Å². The third kappa shape index (κ3) is 2.62. The van der Waals surface area contributed by atoms with Crippen molar-refractivity contribution < 1.29 is 19.2 Å². The maximum absolute atomic E-state index is 13.0. The Morgan fingerprint density at radius 2 is 1.82 bits per heavy atom. The van der Waals surface area contributed by atoms with Crippen molar-refractivity contribution in [3.8, 4) is 5.69 Å². The lowest BCUT2D eigenvalue weighted by molar-refractivity contribution is -0.123. The highest BCUT2D eigenvalue weighted by Gasteiger charge is 2.33. The van der Waals surface area contributed by atoms with Crippen LogP contribution in [0.15, 0.2) is 35.1 Å². The fourth-order valence-electron chi connectivity index (χ4n) is 3.36. The number of nitrogens with zero attached hydrogens (tertiary/aromatic N) is 2. The van der Waals surface area contributed by atoms with E-state index in [1.165, 1.54) is 17.0 Å². The van der Waals surface area contributed by atoms with E-state index in [9.17, 15) is 24.0 Å². The molecule has 3 heterocycles. The molecule has 2 aliphatic heterocycles. The zero-order valence-electron chi connectivity index (χ0n) is 14.5. The van der Waals surface area contributed by atoms with E-state index >= 15 is 0 Å². The van der Waals surface area contributed by atoms with Crippen molar-refractivity contribution in [1.82, 2.24) is 20.1 Å². The maximum Gasteiger partial charge on any atom is 0.262 e. The van der Waals surface area contributed by atoms with Gasteiger partial charge in [-0.1, -0.05) is 12.1 Å². The molecule has 1 aromatic heterocycles. The molecule has 4 N–H and O–H groups in total. The summed E-state index contributed by atoms with van der Waals surface area (Å²) in [4.78, 5) is 62.5. The molecule has 1 saturated heterocycles. The first kappa shape index (κ1) is 17.5. The van der Waals surface area contributed by atoms with Gasteiger partial charge in [-0.05, 0) is 12.1 Å². The van der Waals surface area contributed by atoms with Crippen molar-refractivity contribution in [2.75, 3.05) is 25.4 Å². The first-order valence-corrected chi connectivity index (χ1v) is 8.45. The smallest absolute Gasteiger partial charge is 0.262 e. The maximum atomic E-state index is 13.0. The van der Waals surface area contributed by atoms with Gasteiger partial charge in [0, 0.05) is 19.2 Å². The topological polar surface area (TPSA) is 144 Å². The van der Waals surface area contributed by atoms with Gasteiger partial charge in [-0.3, -0.25) is 33.9 Å². The number of hydrogen-bond donors (Lipinski definition) is 3. The number of carbonyl (C=O) groups is 4. The summed E-state index contributed by atoms with van der Waals surface area (Å²) < 4.78 is 1.02. The number of pyridine rings is 1. The minimum atomic E-state index is -0.706. The normalized spacial score (nSPS) is 15.9. The Kier molecular flexibility index (Phi) is 3.95. The summed E-state index contributed by atoms with van der Waals surface area (Å²) in [5, 5.41) is 4.73. The molecule has 4 amide bonds. The highest BCUT2D eigenvalue weighted by molar-refractivity contribution is 6.23. The van der Waals surface area contributed by atoms with Crippen molar-refractivity contribution in [2.24, 2.45) is 0 Å². The van der Waals surface area contributed by atoms with E-state index in [1.54, 1.807) is 12.1 Å². The van der Waals surface area contributed by atoms with Crippen LogP contribution >= 0.6 is 0 Å².